The Kier molecular flexibility index (Phi) is 5.82. The molecular weight excluding hydrogens is 260 g/mol. The van der Waals surface area contributed by atoms with Crippen LogP contribution in [0, 0.1) is 0 Å². The molecule has 21 heavy (non-hydrogen) atoms. The molecule has 1 aliphatic heterocycles. The second-order valence-corrected chi connectivity index (χ2v) is 6.52. The Morgan fingerprint density at radius 3 is 2.67 bits per heavy atom. The van der Waals surface area contributed by atoms with Gasteiger partial charge in [0.2, 0.25) is 0 Å². The van der Waals surface area contributed by atoms with Crippen molar-refractivity contribution >= 4 is 0 Å². The lowest BCUT2D eigenvalue weighted by molar-refractivity contribution is 0.0308. The molecule has 0 bridgehead atoms. The highest BCUT2D eigenvalue weighted by molar-refractivity contribution is 5.06. The Hall–Kier alpha value is -0.870. The Bertz CT molecular complexity index is 422. The number of hydrogen-bond donors (Lipinski definition) is 1. The molecule has 1 N–H and O–H groups in total. The fourth-order valence-electron chi connectivity index (χ4n) is 3.65. The minimum absolute atomic E-state index is 0.340. The summed E-state index contributed by atoms with van der Waals surface area (Å²) >= 11 is 0. The Morgan fingerprint density at radius 1 is 1.33 bits per heavy atom. The molecule has 0 radical (unpaired) electrons. The van der Waals surface area contributed by atoms with Crippen LogP contribution in [0.15, 0.2) is 12.4 Å². The van der Waals surface area contributed by atoms with Gasteiger partial charge in [-0.1, -0.05) is 27.2 Å². The molecule has 0 aromatic carbocycles. The molecule has 1 atom stereocenters. The summed E-state index contributed by atoms with van der Waals surface area (Å²) in [6, 6.07) is 0.662. The zero-order chi connectivity index (χ0) is 15.3. The number of hydrogen-bond acceptors (Lipinski definition) is 3. The summed E-state index contributed by atoms with van der Waals surface area (Å²) in [4.78, 5) is 2.75. The molecular formula is C17H32N4. The maximum atomic E-state index is 4.29. The molecule has 1 fully saturated rings. The molecule has 2 rings (SSSR count). The highest BCUT2D eigenvalue weighted by Gasteiger charge is 2.38. The van der Waals surface area contributed by atoms with Crippen molar-refractivity contribution in [3.8, 4) is 0 Å². The minimum atomic E-state index is 0.340. The molecule has 1 aromatic rings. The van der Waals surface area contributed by atoms with Gasteiger partial charge in [0.05, 0.1) is 6.20 Å². The van der Waals surface area contributed by atoms with Crippen LogP contribution in [-0.4, -0.2) is 45.9 Å². The number of rotatable bonds is 7. The third kappa shape index (κ3) is 3.86. The third-order valence-electron chi connectivity index (χ3n) is 5.21. The van der Waals surface area contributed by atoms with Crippen LogP contribution in [-0.2, 0) is 13.5 Å². The molecule has 1 unspecified atom stereocenters. The molecule has 2 heterocycles. The zero-order valence-electron chi connectivity index (χ0n) is 14.2. The first-order valence-electron chi connectivity index (χ1n) is 8.59. The fourth-order valence-corrected chi connectivity index (χ4v) is 3.65. The number of aromatic nitrogens is 2. The lowest BCUT2D eigenvalue weighted by atomic mass is 9.86. The largest absolute Gasteiger partial charge is 0.311 e. The van der Waals surface area contributed by atoms with Crippen LogP contribution in [0.2, 0.25) is 0 Å². The summed E-state index contributed by atoms with van der Waals surface area (Å²) in [5, 5.41) is 8.07. The number of nitrogens with zero attached hydrogens (tertiary/aromatic N) is 3. The Balaban J connectivity index is 2.02. The SMILES string of the molecule is CCCC1CN(CCc2cnn(C)c2)C(CC)(CC)CN1. The monoisotopic (exact) mass is 292 g/mol. The first-order chi connectivity index (χ1) is 10.1. The van der Waals surface area contributed by atoms with Crippen molar-refractivity contribution < 1.29 is 0 Å². The van der Waals surface area contributed by atoms with Crippen LogP contribution >= 0.6 is 0 Å². The molecule has 120 valence electrons. The maximum Gasteiger partial charge on any atom is 0.0522 e. The summed E-state index contributed by atoms with van der Waals surface area (Å²) in [5.41, 5.74) is 1.69. The van der Waals surface area contributed by atoms with E-state index in [1.807, 2.05) is 17.9 Å². The van der Waals surface area contributed by atoms with E-state index < -0.39 is 0 Å². The maximum absolute atomic E-state index is 4.29. The topological polar surface area (TPSA) is 33.1 Å². The zero-order valence-corrected chi connectivity index (χ0v) is 14.2. The quantitative estimate of drug-likeness (QED) is 0.838. The van der Waals surface area contributed by atoms with Gasteiger partial charge in [-0.2, -0.15) is 5.10 Å². The predicted octanol–water partition coefficient (Wildman–Crippen LogP) is 2.60. The fraction of sp³-hybridized carbons (Fsp3) is 0.824. The van der Waals surface area contributed by atoms with Crippen LogP contribution in [0.5, 0.6) is 0 Å². The van der Waals surface area contributed by atoms with E-state index in [9.17, 15) is 0 Å². The van der Waals surface area contributed by atoms with E-state index in [1.165, 1.54) is 37.8 Å². The van der Waals surface area contributed by atoms with E-state index in [0.717, 1.165) is 19.5 Å². The molecule has 4 nitrogen and oxygen atoms in total. The molecule has 1 aromatic heterocycles. The number of aryl methyl sites for hydroxylation is 1. The van der Waals surface area contributed by atoms with Gasteiger partial charge in [-0.05, 0) is 31.2 Å². The van der Waals surface area contributed by atoms with Gasteiger partial charge in [-0.15, -0.1) is 0 Å². The van der Waals surface area contributed by atoms with Crippen molar-refractivity contribution in [3.63, 3.8) is 0 Å². The van der Waals surface area contributed by atoms with Gasteiger partial charge >= 0.3 is 0 Å². The van der Waals surface area contributed by atoms with Crippen molar-refractivity contribution in [2.45, 2.75) is 64.5 Å². The lowest BCUT2D eigenvalue weighted by Crippen LogP contribution is -2.64. The van der Waals surface area contributed by atoms with E-state index in [-0.39, 0.29) is 0 Å². The summed E-state index contributed by atoms with van der Waals surface area (Å²) in [6.07, 6.45) is 10.3. The average Bonchev–Trinajstić information content (AvgIpc) is 2.91. The van der Waals surface area contributed by atoms with E-state index >= 15 is 0 Å². The highest BCUT2D eigenvalue weighted by atomic mass is 15.3. The average molecular weight is 292 g/mol. The summed E-state index contributed by atoms with van der Waals surface area (Å²) in [6.45, 7) is 10.4. The van der Waals surface area contributed by atoms with Crippen LogP contribution in [0.3, 0.4) is 0 Å². The standard InChI is InChI=1S/C17H32N4/c1-5-8-16-13-21(17(6-2,7-3)14-18-16)10-9-15-11-19-20(4)12-15/h11-12,16,18H,5-10,13-14H2,1-4H3. The Morgan fingerprint density at radius 2 is 2.10 bits per heavy atom. The smallest absolute Gasteiger partial charge is 0.0522 e. The second-order valence-electron chi connectivity index (χ2n) is 6.52. The van der Waals surface area contributed by atoms with E-state index in [4.69, 9.17) is 0 Å². The van der Waals surface area contributed by atoms with Gasteiger partial charge in [0.25, 0.3) is 0 Å². The molecule has 0 spiro atoms. The van der Waals surface area contributed by atoms with Gasteiger partial charge < -0.3 is 5.32 Å². The Labute approximate surface area is 129 Å². The predicted molar refractivity (Wildman–Crippen MR) is 88.5 cm³/mol. The van der Waals surface area contributed by atoms with E-state index in [2.05, 4.69) is 42.3 Å². The molecule has 1 aliphatic rings. The van der Waals surface area contributed by atoms with E-state index in [1.54, 1.807) is 0 Å². The van der Waals surface area contributed by atoms with Gasteiger partial charge in [0.1, 0.15) is 0 Å². The number of piperazine rings is 1. The van der Waals surface area contributed by atoms with Gasteiger partial charge in [-0.25, -0.2) is 0 Å². The highest BCUT2D eigenvalue weighted by Crippen LogP contribution is 2.28. The summed E-state index contributed by atoms with van der Waals surface area (Å²) < 4.78 is 1.90. The summed E-state index contributed by atoms with van der Waals surface area (Å²) in [5.74, 6) is 0. The molecule has 0 saturated carbocycles. The van der Waals surface area contributed by atoms with Crippen molar-refractivity contribution in [2.75, 3.05) is 19.6 Å². The van der Waals surface area contributed by atoms with Gasteiger partial charge in [0, 0.05) is 44.5 Å². The normalized spacial score (nSPS) is 22.6. The first kappa shape index (κ1) is 16.5. The molecule has 1 saturated heterocycles. The van der Waals surface area contributed by atoms with Crippen LogP contribution < -0.4 is 5.32 Å². The van der Waals surface area contributed by atoms with Crippen molar-refractivity contribution in [1.29, 1.82) is 0 Å². The molecule has 0 aliphatic carbocycles. The molecule has 4 heteroatoms. The van der Waals surface area contributed by atoms with Crippen molar-refractivity contribution in [2.24, 2.45) is 7.05 Å². The minimum Gasteiger partial charge on any atom is -0.311 e. The second kappa shape index (κ2) is 7.41. The van der Waals surface area contributed by atoms with Gasteiger partial charge in [-0.3, -0.25) is 9.58 Å². The van der Waals surface area contributed by atoms with E-state index in [0.29, 0.717) is 11.6 Å². The van der Waals surface area contributed by atoms with Crippen LogP contribution in [0.25, 0.3) is 0 Å². The van der Waals surface area contributed by atoms with Crippen molar-refractivity contribution in [1.82, 2.24) is 20.0 Å². The van der Waals surface area contributed by atoms with Crippen LogP contribution in [0.1, 0.15) is 52.0 Å². The first-order valence-corrected chi connectivity index (χ1v) is 8.59. The van der Waals surface area contributed by atoms with Crippen LogP contribution in [0.4, 0.5) is 0 Å². The third-order valence-corrected chi connectivity index (χ3v) is 5.21. The lowest BCUT2D eigenvalue weighted by Gasteiger charge is -2.50. The van der Waals surface area contributed by atoms with Crippen molar-refractivity contribution in [3.05, 3.63) is 18.0 Å². The van der Waals surface area contributed by atoms with Gasteiger partial charge in [0.15, 0.2) is 0 Å². The molecule has 0 amide bonds. The summed E-state index contributed by atoms with van der Waals surface area (Å²) in [7, 11) is 1.99. The number of nitrogens with one attached hydrogen (secondary N) is 1.